The van der Waals surface area contributed by atoms with Gasteiger partial charge in [-0.25, -0.2) is 0 Å². The number of para-hydroxylation sites is 1. The van der Waals surface area contributed by atoms with Crippen molar-refractivity contribution in [3.63, 3.8) is 0 Å². The molecule has 0 aliphatic carbocycles. The Morgan fingerprint density at radius 1 is 1.21 bits per heavy atom. The highest BCUT2D eigenvalue weighted by Gasteiger charge is 2.30. The zero-order valence-corrected chi connectivity index (χ0v) is 16.1. The van der Waals surface area contributed by atoms with Gasteiger partial charge in [0.15, 0.2) is 0 Å². The van der Waals surface area contributed by atoms with Crippen LogP contribution in [0.2, 0.25) is 0 Å². The number of anilines is 1. The van der Waals surface area contributed by atoms with Gasteiger partial charge < -0.3 is 10.1 Å². The minimum Gasteiger partial charge on any atom is -0.441 e. The maximum absolute atomic E-state index is 12.8. The number of benzene rings is 2. The van der Waals surface area contributed by atoms with Crippen LogP contribution in [0.1, 0.15) is 5.56 Å². The van der Waals surface area contributed by atoms with Gasteiger partial charge in [0, 0.05) is 12.7 Å². The quantitative estimate of drug-likeness (QED) is 0.807. The number of amidine groups is 1. The Morgan fingerprint density at radius 3 is 2.69 bits per heavy atom. The molecule has 0 saturated heterocycles. The number of hydrazone groups is 1. The van der Waals surface area contributed by atoms with Crippen LogP contribution in [0.25, 0.3) is 0 Å². The number of nitrogens with zero attached hydrogens (tertiary/aromatic N) is 3. The van der Waals surface area contributed by atoms with Gasteiger partial charge in [0.2, 0.25) is 17.0 Å². The molecule has 29 heavy (non-hydrogen) atoms. The molecular weight excluding hydrogens is 405 g/mol. The van der Waals surface area contributed by atoms with Crippen LogP contribution in [0.15, 0.2) is 64.7 Å². The van der Waals surface area contributed by atoms with Crippen LogP contribution < -0.4 is 10.1 Å². The average molecular weight is 422 g/mol. The van der Waals surface area contributed by atoms with Crippen LogP contribution >= 0.6 is 11.8 Å². The van der Waals surface area contributed by atoms with Crippen LogP contribution in [0.3, 0.4) is 0 Å². The minimum absolute atomic E-state index is 0.0644. The molecule has 3 rings (SSSR count). The molecule has 0 fully saturated rings. The fourth-order valence-corrected chi connectivity index (χ4v) is 3.08. The molecule has 0 radical (unpaired) electrons. The Balaban J connectivity index is 1.58. The number of hydrogen-bond donors (Lipinski definition) is 1. The SMILES string of the molecule is CN1CC(Oc2ccccc2)=NC(SCC(=O)Nc2cccc(C(F)(F)F)c2)=N1. The normalized spacial score (nSPS) is 14.1. The number of likely N-dealkylation sites (N-methyl/N-ethyl adjacent to an activating group) is 1. The molecule has 0 saturated carbocycles. The Kier molecular flexibility index (Phi) is 6.42. The Hall–Kier alpha value is -3.01. The van der Waals surface area contributed by atoms with Crippen molar-refractivity contribution in [2.75, 3.05) is 24.7 Å². The van der Waals surface area contributed by atoms with Crippen molar-refractivity contribution < 1.29 is 22.7 Å². The second kappa shape index (κ2) is 8.99. The molecule has 6 nitrogen and oxygen atoms in total. The first-order valence-corrected chi connectivity index (χ1v) is 9.48. The van der Waals surface area contributed by atoms with Crippen molar-refractivity contribution in [1.82, 2.24) is 5.01 Å². The predicted molar refractivity (Wildman–Crippen MR) is 107 cm³/mol. The summed E-state index contributed by atoms with van der Waals surface area (Å²) in [7, 11) is 1.74. The number of alkyl halides is 3. The molecule has 1 N–H and O–H groups in total. The Morgan fingerprint density at radius 2 is 1.97 bits per heavy atom. The van der Waals surface area contributed by atoms with Gasteiger partial charge in [0.25, 0.3) is 0 Å². The summed E-state index contributed by atoms with van der Waals surface area (Å²) in [6, 6.07) is 13.6. The number of nitrogens with one attached hydrogen (secondary N) is 1. The first-order chi connectivity index (χ1) is 13.8. The summed E-state index contributed by atoms with van der Waals surface area (Å²) in [6.07, 6.45) is -4.47. The van der Waals surface area contributed by atoms with Gasteiger partial charge in [-0.15, -0.1) is 5.10 Å². The number of carbonyl (C=O) groups is 1. The first-order valence-electron chi connectivity index (χ1n) is 8.50. The second-order valence-corrected chi connectivity index (χ2v) is 6.98. The van der Waals surface area contributed by atoms with E-state index in [1.165, 1.54) is 12.1 Å². The molecule has 0 bridgehead atoms. The molecule has 0 atom stereocenters. The first kappa shape index (κ1) is 20.7. The van der Waals surface area contributed by atoms with Crippen molar-refractivity contribution in [2.24, 2.45) is 10.1 Å². The van der Waals surface area contributed by atoms with Crippen molar-refractivity contribution in [3.8, 4) is 5.75 Å². The molecule has 0 aromatic heterocycles. The highest BCUT2D eigenvalue weighted by Crippen LogP contribution is 2.30. The fraction of sp³-hybridized carbons (Fsp3) is 0.211. The third-order valence-corrected chi connectivity index (χ3v) is 4.46. The summed E-state index contributed by atoms with van der Waals surface area (Å²) < 4.78 is 44.0. The molecule has 2 aromatic rings. The lowest BCUT2D eigenvalue weighted by Crippen LogP contribution is -2.31. The second-order valence-electron chi connectivity index (χ2n) is 6.03. The van der Waals surface area contributed by atoms with E-state index in [9.17, 15) is 18.0 Å². The zero-order valence-electron chi connectivity index (χ0n) is 15.3. The Bertz CT molecular complexity index is 933. The molecule has 1 aliphatic heterocycles. The van der Waals surface area contributed by atoms with Gasteiger partial charge in [-0.05, 0) is 30.3 Å². The molecule has 10 heteroatoms. The number of aliphatic imine (C=N–C) groups is 1. The van der Waals surface area contributed by atoms with Crippen LogP contribution in [-0.4, -0.2) is 41.3 Å². The van der Waals surface area contributed by atoms with Gasteiger partial charge >= 0.3 is 6.18 Å². The van der Waals surface area contributed by atoms with E-state index in [0.717, 1.165) is 23.9 Å². The Labute approximate surface area is 169 Å². The smallest absolute Gasteiger partial charge is 0.416 e. The van der Waals surface area contributed by atoms with E-state index >= 15 is 0 Å². The maximum atomic E-state index is 12.8. The van der Waals surface area contributed by atoms with Crippen LogP contribution in [-0.2, 0) is 11.0 Å². The molecule has 1 amide bonds. The highest BCUT2D eigenvalue weighted by molar-refractivity contribution is 8.14. The van der Waals surface area contributed by atoms with Crippen LogP contribution in [0, 0.1) is 0 Å². The number of halogens is 3. The summed E-state index contributed by atoms with van der Waals surface area (Å²) in [5, 5.41) is 8.61. The molecular formula is C19H17F3N4O2S. The molecule has 1 aliphatic rings. The number of hydrogen-bond acceptors (Lipinski definition) is 6. The van der Waals surface area contributed by atoms with E-state index in [4.69, 9.17) is 4.74 Å². The lowest BCUT2D eigenvalue weighted by atomic mass is 10.2. The van der Waals surface area contributed by atoms with E-state index in [0.29, 0.717) is 23.4 Å². The summed E-state index contributed by atoms with van der Waals surface area (Å²) in [6.45, 7) is 0.370. The largest absolute Gasteiger partial charge is 0.441 e. The van der Waals surface area contributed by atoms with Gasteiger partial charge in [0.1, 0.15) is 12.3 Å². The summed E-state index contributed by atoms with van der Waals surface area (Å²) >= 11 is 1.06. The number of ether oxygens (including phenoxy) is 1. The summed E-state index contributed by atoms with van der Waals surface area (Å²) in [5.41, 5.74) is -0.752. The monoisotopic (exact) mass is 422 g/mol. The lowest BCUT2D eigenvalue weighted by Gasteiger charge is -2.20. The van der Waals surface area contributed by atoms with Crippen molar-refractivity contribution in [3.05, 3.63) is 60.2 Å². The third kappa shape index (κ3) is 6.24. The number of carbonyl (C=O) groups excluding carboxylic acids is 1. The maximum Gasteiger partial charge on any atom is 0.416 e. The molecule has 1 heterocycles. The summed E-state index contributed by atoms with van der Waals surface area (Å²) in [4.78, 5) is 16.4. The van der Waals surface area contributed by atoms with E-state index in [1.54, 1.807) is 24.2 Å². The number of thioether (sulfide) groups is 1. The predicted octanol–water partition coefficient (Wildman–Crippen LogP) is 4.07. The van der Waals surface area contributed by atoms with E-state index < -0.39 is 17.6 Å². The van der Waals surface area contributed by atoms with Gasteiger partial charge in [-0.3, -0.25) is 9.80 Å². The zero-order chi connectivity index (χ0) is 20.9. The molecule has 0 spiro atoms. The molecule has 152 valence electrons. The van der Waals surface area contributed by atoms with Gasteiger partial charge in [0.05, 0.1) is 11.3 Å². The lowest BCUT2D eigenvalue weighted by molar-refractivity contribution is -0.137. The summed E-state index contributed by atoms with van der Waals surface area (Å²) in [5.74, 6) is 0.527. The van der Waals surface area contributed by atoms with Crippen LogP contribution in [0.5, 0.6) is 5.75 Å². The van der Waals surface area contributed by atoms with Crippen molar-refractivity contribution in [2.45, 2.75) is 6.18 Å². The minimum atomic E-state index is -4.47. The topological polar surface area (TPSA) is 66.3 Å². The van der Waals surface area contributed by atoms with Crippen molar-refractivity contribution in [1.29, 1.82) is 0 Å². The molecule has 0 unspecified atom stereocenters. The number of amides is 1. The van der Waals surface area contributed by atoms with Crippen LogP contribution in [0.4, 0.5) is 18.9 Å². The number of rotatable bonds is 4. The van der Waals surface area contributed by atoms with Gasteiger partial charge in [-0.1, -0.05) is 36.0 Å². The van der Waals surface area contributed by atoms with E-state index in [-0.39, 0.29) is 11.4 Å². The third-order valence-electron chi connectivity index (χ3n) is 3.63. The van der Waals surface area contributed by atoms with Crippen molar-refractivity contribution >= 4 is 34.4 Å². The van der Waals surface area contributed by atoms with E-state index in [1.807, 2.05) is 18.2 Å². The fourth-order valence-electron chi connectivity index (χ4n) is 2.38. The van der Waals surface area contributed by atoms with Gasteiger partial charge in [-0.2, -0.15) is 18.2 Å². The average Bonchev–Trinajstić information content (AvgIpc) is 2.66. The standard InChI is InChI=1S/C19H17F3N4O2S/c1-26-11-17(28-15-8-3-2-4-9-15)24-18(25-26)29-12-16(27)23-14-7-5-6-13(10-14)19(20,21)22/h2-10H,11-12H2,1H3,(H,23,27). The highest BCUT2D eigenvalue weighted by atomic mass is 32.2. The molecule has 2 aromatic carbocycles. The van der Waals surface area contributed by atoms with E-state index in [2.05, 4.69) is 15.4 Å².